The molecule has 1 aliphatic rings. The molecular weight excluding hydrogens is 328 g/mol. The quantitative estimate of drug-likeness (QED) is 0.798. The Hall–Kier alpha value is -2.20. The normalized spacial score (nSPS) is 13.1. The van der Waals surface area contributed by atoms with Crippen molar-refractivity contribution >= 4 is 17.4 Å². The fraction of sp³-hybridized carbons (Fsp3) is 0.316. The lowest BCUT2D eigenvalue weighted by atomic mass is 9.92. The van der Waals surface area contributed by atoms with Gasteiger partial charge in [-0.25, -0.2) is 0 Å². The second-order valence-electron chi connectivity index (χ2n) is 5.76. The number of hydrogen-bond acceptors (Lipinski definition) is 4. The van der Waals surface area contributed by atoms with Crippen LogP contribution in [0.5, 0.6) is 23.0 Å². The fourth-order valence-electron chi connectivity index (χ4n) is 3.04. The molecule has 126 valence electrons. The van der Waals surface area contributed by atoms with Gasteiger partial charge in [0.1, 0.15) is 11.5 Å². The lowest BCUT2D eigenvalue weighted by Gasteiger charge is -2.25. The molecule has 0 spiro atoms. The maximum atomic E-state index is 12.3. The highest BCUT2D eigenvalue weighted by Crippen LogP contribution is 2.48. The van der Waals surface area contributed by atoms with Gasteiger partial charge in [-0.2, -0.15) is 0 Å². The van der Waals surface area contributed by atoms with Crippen LogP contribution in [0.25, 0.3) is 0 Å². The van der Waals surface area contributed by atoms with Crippen LogP contribution < -0.4 is 9.47 Å². The van der Waals surface area contributed by atoms with Crippen molar-refractivity contribution in [2.75, 3.05) is 6.61 Å². The molecule has 2 aromatic carbocycles. The molecule has 1 aliphatic heterocycles. The molecule has 0 atom stereocenters. The average molecular weight is 347 g/mol. The van der Waals surface area contributed by atoms with Crippen LogP contribution in [0.15, 0.2) is 24.3 Å². The van der Waals surface area contributed by atoms with Crippen LogP contribution in [0, 0.1) is 0 Å². The third kappa shape index (κ3) is 2.94. The van der Waals surface area contributed by atoms with Gasteiger partial charge in [0.15, 0.2) is 17.3 Å². The first-order valence-electron chi connectivity index (χ1n) is 8.00. The summed E-state index contributed by atoms with van der Waals surface area (Å²) in [7, 11) is 0. The Balaban J connectivity index is 2.21. The zero-order valence-electron chi connectivity index (χ0n) is 13.7. The molecule has 1 heterocycles. The number of halogens is 1. The first-order chi connectivity index (χ1) is 11.5. The summed E-state index contributed by atoms with van der Waals surface area (Å²) in [4.78, 5) is 12.3. The molecule has 0 aromatic heterocycles. The Morgan fingerprint density at radius 2 is 2.04 bits per heavy atom. The van der Waals surface area contributed by atoms with Gasteiger partial charge in [0.25, 0.3) is 0 Å². The van der Waals surface area contributed by atoms with Crippen LogP contribution in [0.1, 0.15) is 41.8 Å². The van der Waals surface area contributed by atoms with Crippen molar-refractivity contribution in [2.45, 2.75) is 33.1 Å². The summed E-state index contributed by atoms with van der Waals surface area (Å²) in [6, 6.07) is 6.91. The minimum Gasteiger partial charge on any atom is -0.507 e. The number of carbonyl (C=O) groups is 1. The monoisotopic (exact) mass is 346 g/mol. The molecule has 0 bridgehead atoms. The van der Waals surface area contributed by atoms with E-state index in [4.69, 9.17) is 21.1 Å². The summed E-state index contributed by atoms with van der Waals surface area (Å²) in [5, 5.41) is 11.2. The van der Waals surface area contributed by atoms with E-state index in [1.807, 2.05) is 6.92 Å². The molecule has 24 heavy (non-hydrogen) atoms. The zero-order valence-corrected chi connectivity index (χ0v) is 14.4. The largest absolute Gasteiger partial charge is 0.507 e. The van der Waals surface area contributed by atoms with E-state index < -0.39 is 0 Å². The second-order valence-corrected chi connectivity index (χ2v) is 6.19. The first-order valence-corrected chi connectivity index (χ1v) is 8.38. The predicted molar refractivity (Wildman–Crippen MR) is 92.8 cm³/mol. The van der Waals surface area contributed by atoms with Crippen molar-refractivity contribution in [1.82, 2.24) is 0 Å². The van der Waals surface area contributed by atoms with Gasteiger partial charge in [-0.3, -0.25) is 4.79 Å². The van der Waals surface area contributed by atoms with Gasteiger partial charge in [0, 0.05) is 16.1 Å². The fourth-order valence-corrected chi connectivity index (χ4v) is 3.16. The van der Waals surface area contributed by atoms with E-state index in [1.54, 1.807) is 24.3 Å². The average Bonchev–Trinajstić information content (AvgIpc) is 2.58. The Morgan fingerprint density at radius 3 is 2.67 bits per heavy atom. The van der Waals surface area contributed by atoms with Crippen LogP contribution in [0.4, 0.5) is 0 Å². The number of ether oxygens (including phenoxy) is 2. The van der Waals surface area contributed by atoms with Gasteiger partial charge in [-0.05, 0) is 50.5 Å². The van der Waals surface area contributed by atoms with Crippen LogP contribution in [0.2, 0.25) is 5.02 Å². The van der Waals surface area contributed by atoms with Gasteiger partial charge >= 0.3 is 0 Å². The number of aromatic hydroxyl groups is 1. The Bertz CT molecular complexity index is 781. The number of Topliss-reactive ketones (excluding diaryl/α,β-unsaturated/α-hetero) is 1. The smallest absolute Gasteiger partial charge is 0.180 e. The Morgan fingerprint density at radius 1 is 1.33 bits per heavy atom. The molecule has 0 unspecified atom stereocenters. The maximum Gasteiger partial charge on any atom is 0.180 e. The van der Waals surface area contributed by atoms with E-state index >= 15 is 0 Å². The molecule has 0 saturated heterocycles. The number of hydrogen-bond donors (Lipinski definition) is 1. The molecule has 0 radical (unpaired) electrons. The van der Waals surface area contributed by atoms with Crippen LogP contribution in [0.3, 0.4) is 0 Å². The first kappa shape index (κ1) is 16.7. The third-order valence-electron chi connectivity index (χ3n) is 4.14. The third-order valence-corrected chi connectivity index (χ3v) is 4.39. The van der Waals surface area contributed by atoms with Crippen molar-refractivity contribution in [3.63, 3.8) is 0 Å². The molecule has 0 fully saturated rings. The lowest BCUT2D eigenvalue weighted by Crippen LogP contribution is -2.14. The summed E-state index contributed by atoms with van der Waals surface area (Å²) >= 11 is 5.91. The molecular formula is C19H19ClO4. The van der Waals surface area contributed by atoms with Crippen LogP contribution >= 0.6 is 11.6 Å². The van der Waals surface area contributed by atoms with E-state index in [2.05, 4.69) is 0 Å². The van der Waals surface area contributed by atoms with Crippen molar-refractivity contribution in [3.05, 3.63) is 46.0 Å². The summed E-state index contributed by atoms with van der Waals surface area (Å²) in [6.45, 7) is 3.91. The number of fused-ring (bicyclic) bond motifs is 1. The van der Waals surface area contributed by atoms with E-state index in [9.17, 15) is 9.90 Å². The number of ketones is 1. The molecule has 3 rings (SSSR count). The van der Waals surface area contributed by atoms with E-state index in [1.165, 1.54) is 6.92 Å². The van der Waals surface area contributed by atoms with Crippen molar-refractivity contribution < 1.29 is 19.4 Å². The molecule has 0 aliphatic carbocycles. The van der Waals surface area contributed by atoms with Gasteiger partial charge in [0.2, 0.25) is 0 Å². The molecule has 5 heteroatoms. The van der Waals surface area contributed by atoms with Crippen molar-refractivity contribution in [2.24, 2.45) is 0 Å². The SMILES string of the molecule is CCc1c(O)c2c(c(Oc3ccc(Cl)cc3)c1C(C)=O)OCCC2. The molecule has 0 amide bonds. The number of phenolic OH excluding ortho intramolecular Hbond substituents is 1. The predicted octanol–water partition coefficient (Wildman–Crippen LogP) is 4.93. The van der Waals surface area contributed by atoms with Crippen molar-refractivity contribution in [1.29, 1.82) is 0 Å². The Labute approximate surface area is 146 Å². The topological polar surface area (TPSA) is 55.8 Å². The van der Waals surface area contributed by atoms with E-state index in [0.29, 0.717) is 58.4 Å². The lowest BCUT2D eigenvalue weighted by molar-refractivity contribution is 0.101. The van der Waals surface area contributed by atoms with Crippen molar-refractivity contribution in [3.8, 4) is 23.0 Å². The number of phenols is 1. The highest BCUT2D eigenvalue weighted by Gasteiger charge is 2.29. The van der Waals surface area contributed by atoms with E-state index in [-0.39, 0.29) is 11.5 Å². The van der Waals surface area contributed by atoms with E-state index in [0.717, 1.165) is 6.42 Å². The molecule has 0 saturated carbocycles. The number of benzene rings is 2. The number of rotatable bonds is 4. The minimum atomic E-state index is -0.164. The van der Waals surface area contributed by atoms with Gasteiger partial charge in [0.05, 0.1) is 12.2 Å². The molecule has 2 aromatic rings. The summed E-state index contributed by atoms with van der Waals surface area (Å²) < 4.78 is 11.8. The Kier molecular flexibility index (Phi) is 4.67. The second kappa shape index (κ2) is 6.73. The highest BCUT2D eigenvalue weighted by atomic mass is 35.5. The van der Waals surface area contributed by atoms with Crippen LogP contribution in [-0.4, -0.2) is 17.5 Å². The van der Waals surface area contributed by atoms with Crippen LogP contribution in [-0.2, 0) is 12.8 Å². The summed E-state index contributed by atoms with van der Waals surface area (Å²) in [5.41, 5.74) is 1.70. The molecule has 1 N–H and O–H groups in total. The summed E-state index contributed by atoms with van der Waals surface area (Å²) in [6.07, 6.45) is 2.05. The van der Waals surface area contributed by atoms with Gasteiger partial charge < -0.3 is 14.6 Å². The standard InChI is InChI=1S/C19H19ClO4/c1-3-14-16(11(2)21)19(24-13-8-6-12(20)7-9-13)18-15(17(14)22)5-4-10-23-18/h6-9,22H,3-5,10H2,1-2H3. The maximum absolute atomic E-state index is 12.3. The van der Waals surface area contributed by atoms with Gasteiger partial charge in [-0.1, -0.05) is 18.5 Å². The van der Waals surface area contributed by atoms with Gasteiger partial charge in [-0.15, -0.1) is 0 Å². The minimum absolute atomic E-state index is 0.154. The zero-order chi connectivity index (χ0) is 17.3. The number of carbonyl (C=O) groups excluding carboxylic acids is 1. The summed E-state index contributed by atoms with van der Waals surface area (Å²) in [5.74, 6) is 1.40. The molecule has 4 nitrogen and oxygen atoms in total. The highest BCUT2D eigenvalue weighted by molar-refractivity contribution is 6.30.